The first-order valence-corrected chi connectivity index (χ1v) is 11.7. The Morgan fingerprint density at radius 3 is 2.43 bits per heavy atom. The summed E-state index contributed by atoms with van der Waals surface area (Å²) < 4.78 is 46.2. The highest BCUT2D eigenvalue weighted by atomic mass is 19.4. The van der Waals surface area contributed by atoms with Crippen molar-refractivity contribution >= 4 is 28.6 Å². The molecule has 2 aliphatic heterocycles. The highest BCUT2D eigenvalue weighted by molar-refractivity contribution is 5.91. The number of ether oxygens (including phenoxy) is 1. The summed E-state index contributed by atoms with van der Waals surface area (Å²) >= 11 is 0. The van der Waals surface area contributed by atoms with Gasteiger partial charge >= 0.3 is 12.2 Å². The summed E-state index contributed by atoms with van der Waals surface area (Å²) in [6, 6.07) is 7.14. The van der Waals surface area contributed by atoms with E-state index in [1.54, 1.807) is 24.3 Å². The number of morpholine rings is 1. The van der Waals surface area contributed by atoms with Crippen LogP contribution in [0.2, 0.25) is 0 Å². The molecule has 1 aliphatic carbocycles. The van der Waals surface area contributed by atoms with E-state index >= 15 is 0 Å². The van der Waals surface area contributed by atoms with Crippen molar-refractivity contribution in [3.8, 4) is 11.4 Å². The van der Waals surface area contributed by atoms with Crippen LogP contribution in [0, 0.1) is 0 Å². The van der Waals surface area contributed by atoms with Crippen LogP contribution in [0.1, 0.15) is 25.7 Å². The van der Waals surface area contributed by atoms with Crippen LogP contribution in [0.25, 0.3) is 22.4 Å². The highest BCUT2D eigenvalue weighted by Crippen LogP contribution is 2.38. The van der Waals surface area contributed by atoms with Gasteiger partial charge in [-0.25, -0.2) is 19.4 Å². The van der Waals surface area contributed by atoms with Crippen molar-refractivity contribution in [3.63, 3.8) is 0 Å². The van der Waals surface area contributed by atoms with Crippen LogP contribution in [0.15, 0.2) is 30.5 Å². The standard InChI is InChI=1S/C23H24F3N7O2/c24-23(25,26)12-32-20-18(9-27-32)21(33-16-7-8-17(33)11-35-10-16)31-19(30-20)13-1-3-14(4-2-13)28-22(34)29-15-5-6-15/h1-4,9,15-17H,5-8,10-12H2,(H2,28,29,34). The smallest absolute Gasteiger partial charge is 0.377 e. The summed E-state index contributed by atoms with van der Waals surface area (Å²) in [6.45, 7) is -0.129. The quantitative estimate of drug-likeness (QED) is 0.570. The molecule has 2 N–H and O–H groups in total. The first-order valence-electron chi connectivity index (χ1n) is 11.7. The van der Waals surface area contributed by atoms with Crippen LogP contribution in [-0.4, -0.2) is 63.3 Å². The number of halogens is 3. The molecule has 35 heavy (non-hydrogen) atoms. The van der Waals surface area contributed by atoms with Crippen molar-refractivity contribution in [2.45, 2.75) is 56.5 Å². The van der Waals surface area contributed by atoms with Gasteiger partial charge in [0, 0.05) is 17.3 Å². The molecule has 184 valence electrons. The lowest BCUT2D eigenvalue weighted by Gasteiger charge is -2.36. The molecule has 2 amide bonds. The normalized spacial score (nSPS) is 22.0. The molecule has 4 heterocycles. The van der Waals surface area contributed by atoms with Crippen LogP contribution in [0.5, 0.6) is 0 Å². The molecular formula is C23H24F3N7O2. The van der Waals surface area contributed by atoms with Gasteiger partial charge in [-0.05, 0) is 49.9 Å². The molecule has 1 saturated carbocycles. The van der Waals surface area contributed by atoms with Crippen LogP contribution in [0.4, 0.5) is 29.5 Å². The molecule has 3 fully saturated rings. The minimum Gasteiger partial charge on any atom is -0.377 e. The molecule has 0 spiro atoms. The van der Waals surface area contributed by atoms with Gasteiger partial charge in [-0.2, -0.15) is 18.3 Å². The molecule has 2 saturated heterocycles. The number of alkyl halides is 3. The molecule has 2 aromatic heterocycles. The number of nitrogens with zero attached hydrogens (tertiary/aromatic N) is 5. The summed E-state index contributed by atoms with van der Waals surface area (Å²) in [5.74, 6) is 0.886. The number of anilines is 2. The van der Waals surface area contributed by atoms with Crippen molar-refractivity contribution in [2.24, 2.45) is 0 Å². The Kier molecular flexibility index (Phi) is 5.28. The van der Waals surface area contributed by atoms with E-state index in [2.05, 4.69) is 25.6 Å². The van der Waals surface area contributed by atoms with Crippen molar-refractivity contribution in [2.75, 3.05) is 23.4 Å². The first kappa shape index (κ1) is 22.1. The summed E-state index contributed by atoms with van der Waals surface area (Å²) in [5.41, 5.74) is 1.36. The Morgan fingerprint density at radius 1 is 1.06 bits per heavy atom. The van der Waals surface area contributed by atoms with Crippen LogP contribution in [0.3, 0.4) is 0 Å². The fourth-order valence-electron chi connectivity index (χ4n) is 4.81. The third kappa shape index (κ3) is 4.49. The lowest BCUT2D eigenvalue weighted by molar-refractivity contribution is -0.141. The van der Waals surface area contributed by atoms with Crippen LogP contribution >= 0.6 is 0 Å². The Bertz CT molecular complexity index is 1240. The van der Waals surface area contributed by atoms with Gasteiger partial charge in [-0.3, -0.25) is 0 Å². The number of aromatic nitrogens is 4. The van der Waals surface area contributed by atoms with Crippen LogP contribution < -0.4 is 15.5 Å². The molecule has 9 nitrogen and oxygen atoms in total. The average molecular weight is 487 g/mol. The molecule has 1 aromatic carbocycles. The fourth-order valence-corrected chi connectivity index (χ4v) is 4.81. The van der Waals surface area contributed by atoms with Crippen molar-refractivity contribution in [1.29, 1.82) is 0 Å². The number of rotatable bonds is 5. The SMILES string of the molecule is O=C(Nc1ccc(-c2nc(N3C4CCC3COC4)c3cnn(CC(F)(F)F)c3n2)cc1)NC1CC1. The molecule has 12 heteroatoms. The minimum absolute atomic E-state index is 0.113. The van der Waals surface area contributed by atoms with E-state index in [1.807, 2.05) is 0 Å². The van der Waals surface area contributed by atoms with E-state index in [1.165, 1.54) is 6.20 Å². The molecule has 2 atom stereocenters. The molecule has 2 bridgehead atoms. The predicted molar refractivity (Wildman–Crippen MR) is 122 cm³/mol. The maximum atomic E-state index is 13.2. The van der Waals surface area contributed by atoms with Gasteiger partial charge in [0.2, 0.25) is 0 Å². The number of urea groups is 1. The van der Waals surface area contributed by atoms with Gasteiger partial charge in [-0.1, -0.05) is 0 Å². The van der Waals surface area contributed by atoms with Gasteiger partial charge in [-0.15, -0.1) is 0 Å². The molecule has 0 radical (unpaired) electrons. The van der Waals surface area contributed by atoms with E-state index in [9.17, 15) is 18.0 Å². The lowest BCUT2D eigenvalue weighted by atomic mass is 10.1. The van der Waals surface area contributed by atoms with Gasteiger partial charge < -0.3 is 20.3 Å². The lowest BCUT2D eigenvalue weighted by Crippen LogP contribution is -2.46. The van der Waals surface area contributed by atoms with E-state index in [4.69, 9.17) is 9.72 Å². The molecule has 2 unspecified atom stereocenters. The topological polar surface area (TPSA) is 97.2 Å². The number of nitrogens with one attached hydrogen (secondary N) is 2. The third-order valence-electron chi connectivity index (χ3n) is 6.60. The Hall–Kier alpha value is -3.41. The zero-order valence-corrected chi connectivity index (χ0v) is 18.8. The third-order valence-corrected chi connectivity index (χ3v) is 6.60. The van der Waals surface area contributed by atoms with Gasteiger partial charge in [0.05, 0.1) is 36.9 Å². The highest BCUT2D eigenvalue weighted by Gasteiger charge is 2.40. The van der Waals surface area contributed by atoms with Gasteiger partial charge in [0.1, 0.15) is 12.4 Å². The average Bonchev–Trinajstić information content (AvgIpc) is 3.49. The minimum atomic E-state index is -4.43. The second kappa shape index (κ2) is 8.36. The maximum Gasteiger partial charge on any atom is 0.408 e. The van der Waals surface area contributed by atoms with Crippen molar-refractivity contribution in [3.05, 3.63) is 30.5 Å². The zero-order valence-electron chi connectivity index (χ0n) is 18.8. The Morgan fingerprint density at radius 2 is 1.77 bits per heavy atom. The van der Waals surface area contributed by atoms with E-state index < -0.39 is 12.7 Å². The van der Waals surface area contributed by atoms with Crippen molar-refractivity contribution < 1.29 is 22.7 Å². The predicted octanol–water partition coefficient (Wildman–Crippen LogP) is 3.71. The number of amides is 2. The number of carbonyl (C=O) groups excluding carboxylic acids is 1. The summed E-state index contributed by atoms with van der Waals surface area (Å²) in [4.78, 5) is 23.5. The number of fused-ring (bicyclic) bond motifs is 3. The fraction of sp³-hybridized carbons (Fsp3) is 0.478. The van der Waals surface area contributed by atoms with Crippen LogP contribution in [-0.2, 0) is 11.3 Å². The molecule has 3 aromatic rings. The van der Waals surface area contributed by atoms with E-state index in [-0.39, 0.29) is 29.8 Å². The van der Waals surface area contributed by atoms with Gasteiger partial charge in [0.15, 0.2) is 11.5 Å². The summed E-state index contributed by atoms with van der Waals surface area (Å²) in [5, 5.41) is 10.1. The number of benzene rings is 1. The Balaban J connectivity index is 1.37. The van der Waals surface area contributed by atoms with Crippen molar-refractivity contribution in [1.82, 2.24) is 25.1 Å². The largest absolute Gasteiger partial charge is 0.408 e. The second-order valence-electron chi connectivity index (χ2n) is 9.31. The number of hydrogen-bond acceptors (Lipinski definition) is 6. The number of hydrogen-bond donors (Lipinski definition) is 2. The summed E-state index contributed by atoms with van der Waals surface area (Å²) in [6.07, 6.45) is 0.836. The second-order valence-corrected chi connectivity index (χ2v) is 9.31. The number of carbonyl (C=O) groups is 1. The molecule has 6 rings (SSSR count). The zero-order chi connectivity index (χ0) is 24.2. The summed E-state index contributed by atoms with van der Waals surface area (Å²) in [7, 11) is 0. The first-order chi connectivity index (χ1) is 16.8. The van der Waals surface area contributed by atoms with E-state index in [0.717, 1.165) is 30.4 Å². The maximum absolute atomic E-state index is 13.2. The molecule has 3 aliphatic rings. The Labute approximate surface area is 198 Å². The van der Waals surface area contributed by atoms with Gasteiger partial charge in [0.25, 0.3) is 0 Å². The monoisotopic (exact) mass is 487 g/mol. The molecular weight excluding hydrogens is 463 g/mol. The van der Waals surface area contributed by atoms with E-state index in [0.29, 0.717) is 41.5 Å².